The fraction of sp³-hybridized carbons (Fsp3) is 0.444. The molecular weight excluding hydrogens is 513 g/mol. The van der Waals surface area contributed by atoms with E-state index in [1.54, 1.807) is 43.6 Å². The van der Waals surface area contributed by atoms with E-state index in [9.17, 15) is 27.6 Å². The van der Waals surface area contributed by atoms with Crippen LogP contribution in [0.3, 0.4) is 0 Å². The van der Waals surface area contributed by atoms with E-state index < -0.39 is 23.8 Å². The largest absolute Gasteiger partial charge is 0.361 e. The monoisotopic (exact) mass is 544 g/mol. The lowest BCUT2D eigenvalue weighted by molar-refractivity contribution is -0.140. The van der Waals surface area contributed by atoms with Crippen LogP contribution in [0.1, 0.15) is 61.5 Å². The highest BCUT2D eigenvalue weighted by atomic mass is 19.3. The standard InChI is InChI=1S/C27H31F3N6O3/c1-15(18-6-5-7-19(25(18)28)26(29)30)31-27-21-14-36(24(39)12-20(21)16(2)32-33-27)17-8-10-35(11-9-17)23(38)13-22(37)34(3)4/h5-7,12,14-15,17,26H,8-11,13H2,1-4H3,(H,31,33)/t15-/m1/s1. The normalized spacial score (nSPS) is 15.0. The second-order valence-electron chi connectivity index (χ2n) is 9.97. The third-order valence-corrected chi connectivity index (χ3v) is 7.15. The van der Waals surface area contributed by atoms with Gasteiger partial charge in [-0.2, -0.15) is 5.10 Å². The summed E-state index contributed by atoms with van der Waals surface area (Å²) in [5.74, 6) is -1.21. The highest BCUT2D eigenvalue weighted by molar-refractivity contribution is 5.96. The van der Waals surface area contributed by atoms with E-state index in [0.717, 1.165) is 6.07 Å². The van der Waals surface area contributed by atoms with Crippen molar-refractivity contribution in [3.8, 4) is 0 Å². The molecule has 1 aliphatic rings. The van der Waals surface area contributed by atoms with E-state index in [0.29, 0.717) is 42.4 Å². The van der Waals surface area contributed by atoms with Crippen molar-refractivity contribution in [2.75, 3.05) is 32.5 Å². The van der Waals surface area contributed by atoms with E-state index >= 15 is 0 Å². The van der Waals surface area contributed by atoms with Crippen LogP contribution in [0.4, 0.5) is 19.0 Å². The summed E-state index contributed by atoms with van der Waals surface area (Å²) < 4.78 is 42.8. The molecule has 1 saturated heterocycles. The second-order valence-corrected chi connectivity index (χ2v) is 9.97. The molecule has 1 aromatic carbocycles. The highest BCUT2D eigenvalue weighted by Crippen LogP contribution is 2.31. The van der Waals surface area contributed by atoms with Crippen LogP contribution >= 0.6 is 0 Å². The van der Waals surface area contributed by atoms with Gasteiger partial charge in [-0.05, 0) is 26.7 Å². The highest BCUT2D eigenvalue weighted by Gasteiger charge is 2.27. The van der Waals surface area contributed by atoms with E-state index in [1.807, 2.05) is 0 Å². The molecule has 1 N–H and O–H groups in total. The molecule has 0 radical (unpaired) electrons. The third-order valence-electron chi connectivity index (χ3n) is 7.15. The molecule has 1 fully saturated rings. The molecule has 1 atom stereocenters. The molecule has 39 heavy (non-hydrogen) atoms. The SMILES string of the molecule is Cc1nnc(N[C@H](C)c2cccc(C(F)F)c2F)c2cn(C3CCN(C(=O)CC(=O)N(C)C)CC3)c(=O)cc12. The third kappa shape index (κ3) is 5.89. The van der Waals surface area contributed by atoms with Gasteiger partial charge in [0.2, 0.25) is 11.8 Å². The Morgan fingerprint density at radius 1 is 1.13 bits per heavy atom. The molecule has 0 spiro atoms. The number of halogens is 3. The first kappa shape index (κ1) is 28.1. The number of alkyl halides is 2. The molecule has 0 unspecified atom stereocenters. The summed E-state index contributed by atoms with van der Waals surface area (Å²) in [6, 6.07) is 4.43. The van der Waals surface area contributed by atoms with Gasteiger partial charge in [0.1, 0.15) is 12.2 Å². The Morgan fingerprint density at radius 3 is 2.44 bits per heavy atom. The number of carbonyl (C=O) groups excluding carboxylic acids is 2. The van der Waals surface area contributed by atoms with Crippen LogP contribution < -0.4 is 10.9 Å². The van der Waals surface area contributed by atoms with Crippen LogP contribution in [0, 0.1) is 12.7 Å². The minimum absolute atomic E-state index is 0.0569. The number of anilines is 1. The van der Waals surface area contributed by atoms with Crippen molar-refractivity contribution in [2.24, 2.45) is 0 Å². The number of pyridine rings is 1. The van der Waals surface area contributed by atoms with Crippen molar-refractivity contribution < 1.29 is 22.8 Å². The lowest BCUT2D eigenvalue weighted by Crippen LogP contribution is -2.42. The van der Waals surface area contributed by atoms with Gasteiger partial charge >= 0.3 is 0 Å². The molecule has 12 heteroatoms. The maximum Gasteiger partial charge on any atom is 0.266 e. The average Bonchev–Trinajstić information content (AvgIpc) is 2.90. The number of hydrogen-bond acceptors (Lipinski definition) is 6. The first-order valence-electron chi connectivity index (χ1n) is 12.7. The van der Waals surface area contributed by atoms with Crippen LogP contribution in [0.2, 0.25) is 0 Å². The Balaban J connectivity index is 1.59. The first-order chi connectivity index (χ1) is 18.5. The van der Waals surface area contributed by atoms with Gasteiger partial charge in [-0.3, -0.25) is 14.4 Å². The number of piperidine rings is 1. The molecule has 0 saturated carbocycles. The molecule has 0 bridgehead atoms. The molecule has 3 heterocycles. The number of fused-ring (bicyclic) bond motifs is 1. The number of aryl methyl sites for hydroxylation is 1. The predicted molar refractivity (Wildman–Crippen MR) is 140 cm³/mol. The fourth-order valence-corrected chi connectivity index (χ4v) is 4.81. The average molecular weight is 545 g/mol. The molecule has 2 amide bonds. The number of benzene rings is 1. The molecular formula is C27H31F3N6O3. The number of likely N-dealkylation sites (tertiary alicyclic amines) is 1. The van der Waals surface area contributed by atoms with Gasteiger partial charge < -0.3 is 19.7 Å². The molecule has 2 aromatic heterocycles. The zero-order valence-electron chi connectivity index (χ0n) is 22.2. The van der Waals surface area contributed by atoms with Gasteiger partial charge in [0.05, 0.1) is 17.3 Å². The van der Waals surface area contributed by atoms with E-state index in [4.69, 9.17) is 0 Å². The lowest BCUT2D eigenvalue weighted by Gasteiger charge is -2.33. The van der Waals surface area contributed by atoms with Crippen LogP contribution in [-0.2, 0) is 9.59 Å². The summed E-state index contributed by atoms with van der Waals surface area (Å²) in [5.41, 5.74) is -0.322. The van der Waals surface area contributed by atoms with Crippen molar-refractivity contribution in [1.29, 1.82) is 0 Å². The van der Waals surface area contributed by atoms with Crippen molar-refractivity contribution in [2.45, 2.75) is 51.6 Å². The number of nitrogens with zero attached hydrogens (tertiary/aromatic N) is 5. The van der Waals surface area contributed by atoms with E-state index in [-0.39, 0.29) is 41.2 Å². The molecule has 3 aromatic rings. The first-order valence-corrected chi connectivity index (χ1v) is 12.7. The predicted octanol–water partition coefficient (Wildman–Crippen LogP) is 3.99. The fourth-order valence-electron chi connectivity index (χ4n) is 4.81. The maximum absolute atomic E-state index is 14.8. The summed E-state index contributed by atoms with van der Waals surface area (Å²) in [7, 11) is 3.20. The van der Waals surface area contributed by atoms with Crippen LogP contribution in [0.25, 0.3) is 10.8 Å². The minimum Gasteiger partial charge on any atom is -0.361 e. The van der Waals surface area contributed by atoms with Gasteiger partial charge in [-0.15, -0.1) is 5.10 Å². The zero-order chi connectivity index (χ0) is 28.4. The Morgan fingerprint density at radius 2 is 1.79 bits per heavy atom. The molecule has 1 aliphatic heterocycles. The number of hydrogen-bond donors (Lipinski definition) is 1. The Hall–Kier alpha value is -3.96. The Bertz CT molecular complexity index is 1450. The van der Waals surface area contributed by atoms with Crippen molar-refractivity contribution >= 4 is 28.4 Å². The quantitative estimate of drug-likeness (QED) is 0.452. The summed E-state index contributed by atoms with van der Waals surface area (Å²) >= 11 is 0. The van der Waals surface area contributed by atoms with Gasteiger partial charge in [0.15, 0.2) is 5.82 Å². The Labute approximate surface area is 223 Å². The van der Waals surface area contributed by atoms with Crippen LogP contribution in [0.5, 0.6) is 0 Å². The summed E-state index contributed by atoms with van der Waals surface area (Å²) in [4.78, 5) is 40.5. The molecule has 208 valence electrons. The molecule has 4 rings (SSSR count). The molecule has 0 aliphatic carbocycles. The number of nitrogens with one attached hydrogen (secondary N) is 1. The van der Waals surface area contributed by atoms with Gasteiger partial charge in [0, 0.05) is 61.8 Å². The molecule has 9 nitrogen and oxygen atoms in total. The van der Waals surface area contributed by atoms with Crippen molar-refractivity contribution in [3.63, 3.8) is 0 Å². The van der Waals surface area contributed by atoms with Crippen LogP contribution in [0.15, 0.2) is 35.3 Å². The zero-order valence-corrected chi connectivity index (χ0v) is 22.2. The van der Waals surface area contributed by atoms with Crippen LogP contribution in [-0.4, -0.2) is 63.6 Å². The van der Waals surface area contributed by atoms with Crippen molar-refractivity contribution in [3.05, 3.63) is 63.5 Å². The van der Waals surface area contributed by atoms with Gasteiger partial charge in [-0.25, -0.2) is 13.2 Å². The summed E-state index contributed by atoms with van der Waals surface area (Å²) in [6.45, 7) is 4.16. The topological polar surface area (TPSA) is 100 Å². The smallest absolute Gasteiger partial charge is 0.266 e. The number of carbonyl (C=O) groups is 2. The summed E-state index contributed by atoms with van der Waals surface area (Å²) in [6.07, 6.45) is -0.412. The second kappa shape index (κ2) is 11.4. The van der Waals surface area contributed by atoms with Gasteiger partial charge in [-0.1, -0.05) is 18.2 Å². The van der Waals surface area contributed by atoms with Crippen molar-refractivity contribution in [1.82, 2.24) is 24.6 Å². The van der Waals surface area contributed by atoms with E-state index in [1.165, 1.54) is 23.1 Å². The number of rotatable bonds is 7. The number of aromatic nitrogens is 3. The van der Waals surface area contributed by atoms with Gasteiger partial charge in [0.25, 0.3) is 12.0 Å². The minimum atomic E-state index is -2.94. The Kier molecular flexibility index (Phi) is 8.22. The summed E-state index contributed by atoms with van der Waals surface area (Å²) in [5, 5.41) is 12.6. The van der Waals surface area contributed by atoms with E-state index in [2.05, 4.69) is 15.5 Å². The lowest BCUT2D eigenvalue weighted by atomic mass is 10.0. The number of amides is 2. The maximum atomic E-state index is 14.8.